The summed E-state index contributed by atoms with van der Waals surface area (Å²) < 4.78 is 0. The fraction of sp³-hybridized carbons (Fsp3) is 0.438. The molecule has 5 nitrogen and oxygen atoms in total. The molecule has 0 aliphatic carbocycles. The number of hydrogen-bond acceptors (Lipinski definition) is 3. The van der Waals surface area contributed by atoms with E-state index in [9.17, 15) is 14.4 Å². The summed E-state index contributed by atoms with van der Waals surface area (Å²) in [7, 11) is 0. The molecule has 0 bridgehead atoms. The van der Waals surface area contributed by atoms with Crippen molar-refractivity contribution in [1.82, 2.24) is 10.2 Å². The van der Waals surface area contributed by atoms with Crippen molar-refractivity contribution in [2.24, 2.45) is 0 Å². The Labute approximate surface area is 124 Å². The Bertz CT molecular complexity index is 533. The van der Waals surface area contributed by atoms with Gasteiger partial charge < -0.3 is 5.32 Å². The molecule has 0 aromatic heterocycles. The molecule has 0 spiro atoms. The van der Waals surface area contributed by atoms with Gasteiger partial charge in [0.2, 0.25) is 5.91 Å². The minimum atomic E-state index is -0.266. The molecule has 1 aromatic rings. The average molecular weight is 288 g/mol. The minimum Gasteiger partial charge on any atom is -0.354 e. The smallest absolute Gasteiger partial charge is 0.261 e. The summed E-state index contributed by atoms with van der Waals surface area (Å²) in [6, 6.07) is 6.95. The van der Waals surface area contributed by atoms with Gasteiger partial charge in [-0.3, -0.25) is 19.3 Å². The largest absolute Gasteiger partial charge is 0.354 e. The van der Waals surface area contributed by atoms with Crippen molar-refractivity contribution in [3.05, 3.63) is 35.4 Å². The third kappa shape index (κ3) is 3.29. The summed E-state index contributed by atoms with van der Waals surface area (Å²) in [4.78, 5) is 37.1. The zero-order chi connectivity index (χ0) is 15.4. The number of nitrogens with one attached hydrogen (secondary N) is 1. The molecule has 1 aromatic carbocycles. The second kappa shape index (κ2) is 6.52. The van der Waals surface area contributed by atoms with E-state index in [1.165, 1.54) is 4.90 Å². The van der Waals surface area contributed by atoms with Crippen molar-refractivity contribution in [3.63, 3.8) is 0 Å². The number of carbonyl (C=O) groups is 3. The molecule has 112 valence electrons. The number of fused-ring (bicyclic) bond motifs is 1. The zero-order valence-corrected chi connectivity index (χ0v) is 12.4. The highest BCUT2D eigenvalue weighted by molar-refractivity contribution is 6.21. The molecule has 1 atom stereocenters. The van der Waals surface area contributed by atoms with E-state index in [1.807, 2.05) is 13.8 Å². The molecule has 2 rings (SSSR count). The van der Waals surface area contributed by atoms with Gasteiger partial charge in [0.05, 0.1) is 11.1 Å². The average Bonchev–Trinajstić information content (AvgIpc) is 2.72. The van der Waals surface area contributed by atoms with Crippen molar-refractivity contribution in [2.45, 2.75) is 39.2 Å². The van der Waals surface area contributed by atoms with Gasteiger partial charge in [-0.1, -0.05) is 19.1 Å². The van der Waals surface area contributed by atoms with Crippen LogP contribution < -0.4 is 5.32 Å². The third-order valence-electron chi connectivity index (χ3n) is 3.68. The highest BCUT2D eigenvalue weighted by Crippen LogP contribution is 2.22. The standard InChI is InChI=1S/C16H20N2O3/c1-3-11(2)17-14(19)9-6-10-18-15(20)12-7-4-5-8-13(12)16(18)21/h4-5,7-8,11H,3,6,9-10H2,1-2H3,(H,17,19). The lowest BCUT2D eigenvalue weighted by atomic mass is 10.1. The van der Waals surface area contributed by atoms with E-state index in [0.717, 1.165) is 6.42 Å². The molecule has 0 saturated carbocycles. The van der Waals surface area contributed by atoms with Gasteiger partial charge in [-0.05, 0) is 31.9 Å². The predicted molar refractivity (Wildman–Crippen MR) is 78.9 cm³/mol. The Morgan fingerprint density at radius 1 is 1.19 bits per heavy atom. The number of imide groups is 1. The van der Waals surface area contributed by atoms with Crippen molar-refractivity contribution in [2.75, 3.05) is 6.54 Å². The number of hydrogen-bond donors (Lipinski definition) is 1. The predicted octanol–water partition coefficient (Wildman–Crippen LogP) is 1.98. The van der Waals surface area contributed by atoms with Crippen LogP contribution in [0.25, 0.3) is 0 Å². The van der Waals surface area contributed by atoms with Gasteiger partial charge in [-0.15, -0.1) is 0 Å². The molecule has 1 aliphatic heterocycles. The molecule has 0 radical (unpaired) electrons. The van der Waals surface area contributed by atoms with Gasteiger partial charge >= 0.3 is 0 Å². The lowest BCUT2D eigenvalue weighted by molar-refractivity contribution is -0.121. The molecule has 21 heavy (non-hydrogen) atoms. The number of rotatable bonds is 6. The Kier molecular flexibility index (Phi) is 4.73. The SMILES string of the molecule is CCC(C)NC(=O)CCCN1C(=O)c2ccccc2C1=O. The number of amides is 3. The van der Waals surface area contributed by atoms with E-state index < -0.39 is 0 Å². The number of benzene rings is 1. The van der Waals surface area contributed by atoms with Gasteiger partial charge in [-0.2, -0.15) is 0 Å². The minimum absolute atomic E-state index is 0.0408. The molecular formula is C16H20N2O3. The fourth-order valence-corrected chi connectivity index (χ4v) is 2.29. The Balaban J connectivity index is 1.87. The maximum atomic E-state index is 12.1. The molecule has 1 unspecified atom stereocenters. The zero-order valence-electron chi connectivity index (χ0n) is 12.4. The van der Waals surface area contributed by atoms with Crippen LogP contribution in [0.4, 0.5) is 0 Å². The highest BCUT2D eigenvalue weighted by atomic mass is 16.2. The molecular weight excluding hydrogens is 268 g/mol. The van der Waals surface area contributed by atoms with Crippen LogP contribution in [0.3, 0.4) is 0 Å². The van der Waals surface area contributed by atoms with E-state index in [-0.39, 0.29) is 30.3 Å². The van der Waals surface area contributed by atoms with Crippen LogP contribution in [0.5, 0.6) is 0 Å². The first kappa shape index (κ1) is 15.2. The van der Waals surface area contributed by atoms with E-state index in [2.05, 4.69) is 5.32 Å². The van der Waals surface area contributed by atoms with Crippen LogP contribution in [0.15, 0.2) is 24.3 Å². The van der Waals surface area contributed by atoms with Gasteiger partial charge in [-0.25, -0.2) is 0 Å². The topological polar surface area (TPSA) is 66.5 Å². The summed E-state index contributed by atoms with van der Waals surface area (Å²) in [5.74, 6) is -0.572. The summed E-state index contributed by atoms with van der Waals surface area (Å²) in [6.07, 6.45) is 1.68. The van der Waals surface area contributed by atoms with Gasteiger partial charge in [0.1, 0.15) is 0 Å². The van der Waals surface area contributed by atoms with Crippen LogP contribution in [0.1, 0.15) is 53.8 Å². The molecule has 3 amide bonds. The molecule has 1 aliphatic rings. The second-order valence-electron chi connectivity index (χ2n) is 5.29. The van der Waals surface area contributed by atoms with E-state index >= 15 is 0 Å². The summed E-state index contributed by atoms with van der Waals surface area (Å²) >= 11 is 0. The van der Waals surface area contributed by atoms with Crippen molar-refractivity contribution >= 4 is 17.7 Å². The van der Waals surface area contributed by atoms with Crippen LogP contribution in [0.2, 0.25) is 0 Å². The lowest BCUT2D eigenvalue weighted by Gasteiger charge is -2.14. The van der Waals surface area contributed by atoms with E-state index in [4.69, 9.17) is 0 Å². The fourth-order valence-electron chi connectivity index (χ4n) is 2.29. The Hall–Kier alpha value is -2.17. The van der Waals surface area contributed by atoms with Crippen LogP contribution >= 0.6 is 0 Å². The number of nitrogens with zero attached hydrogens (tertiary/aromatic N) is 1. The number of carbonyl (C=O) groups excluding carboxylic acids is 3. The lowest BCUT2D eigenvalue weighted by Crippen LogP contribution is -2.34. The second-order valence-corrected chi connectivity index (χ2v) is 5.29. The Morgan fingerprint density at radius 3 is 2.29 bits per heavy atom. The molecule has 1 heterocycles. The normalized spacial score (nSPS) is 15.0. The van der Waals surface area contributed by atoms with Crippen LogP contribution in [-0.4, -0.2) is 35.2 Å². The molecule has 5 heteroatoms. The maximum absolute atomic E-state index is 12.1. The monoisotopic (exact) mass is 288 g/mol. The summed E-state index contributed by atoms with van der Waals surface area (Å²) in [6.45, 7) is 4.23. The highest BCUT2D eigenvalue weighted by Gasteiger charge is 2.34. The summed E-state index contributed by atoms with van der Waals surface area (Å²) in [5, 5.41) is 2.87. The maximum Gasteiger partial charge on any atom is 0.261 e. The van der Waals surface area contributed by atoms with Crippen LogP contribution in [-0.2, 0) is 4.79 Å². The van der Waals surface area contributed by atoms with Crippen LogP contribution in [0, 0.1) is 0 Å². The van der Waals surface area contributed by atoms with Gasteiger partial charge in [0, 0.05) is 19.0 Å². The van der Waals surface area contributed by atoms with Crippen molar-refractivity contribution < 1.29 is 14.4 Å². The molecule has 0 fully saturated rings. The molecule has 0 saturated heterocycles. The summed E-state index contributed by atoms with van der Waals surface area (Å²) in [5.41, 5.74) is 0.901. The third-order valence-corrected chi connectivity index (χ3v) is 3.68. The first-order valence-corrected chi connectivity index (χ1v) is 7.29. The quantitative estimate of drug-likeness (QED) is 0.814. The Morgan fingerprint density at radius 2 is 1.76 bits per heavy atom. The van der Waals surface area contributed by atoms with E-state index in [1.54, 1.807) is 24.3 Å². The van der Waals surface area contributed by atoms with Crippen molar-refractivity contribution in [3.8, 4) is 0 Å². The van der Waals surface area contributed by atoms with Gasteiger partial charge in [0.25, 0.3) is 11.8 Å². The van der Waals surface area contributed by atoms with Gasteiger partial charge in [0.15, 0.2) is 0 Å². The van der Waals surface area contributed by atoms with E-state index in [0.29, 0.717) is 24.0 Å². The first-order chi connectivity index (χ1) is 10.0. The molecule has 1 N–H and O–H groups in total. The van der Waals surface area contributed by atoms with Crippen molar-refractivity contribution in [1.29, 1.82) is 0 Å². The first-order valence-electron chi connectivity index (χ1n) is 7.29.